The van der Waals surface area contributed by atoms with Crippen LogP contribution in [0, 0.1) is 9.39 Å². The molecular formula is C16H14FIN2O. The van der Waals surface area contributed by atoms with Gasteiger partial charge < -0.3 is 10.6 Å². The predicted molar refractivity (Wildman–Crippen MR) is 90.0 cm³/mol. The van der Waals surface area contributed by atoms with E-state index in [1.54, 1.807) is 11.0 Å². The largest absolute Gasteiger partial charge is 0.398 e. The molecule has 108 valence electrons. The molecule has 0 bridgehead atoms. The van der Waals surface area contributed by atoms with E-state index in [0.29, 0.717) is 15.7 Å². The number of halogens is 2. The Bertz CT molecular complexity index is 717. The van der Waals surface area contributed by atoms with Crippen molar-refractivity contribution < 1.29 is 9.18 Å². The molecule has 0 fully saturated rings. The van der Waals surface area contributed by atoms with Gasteiger partial charge in [-0.25, -0.2) is 4.39 Å². The molecule has 1 aliphatic rings. The Hall–Kier alpha value is -1.63. The first-order valence-electron chi connectivity index (χ1n) is 6.72. The van der Waals surface area contributed by atoms with Gasteiger partial charge in [-0.3, -0.25) is 4.79 Å². The van der Waals surface area contributed by atoms with Gasteiger partial charge in [-0.05, 0) is 71.3 Å². The molecule has 3 rings (SSSR count). The van der Waals surface area contributed by atoms with E-state index in [0.717, 1.165) is 29.8 Å². The summed E-state index contributed by atoms with van der Waals surface area (Å²) < 4.78 is 13.8. The van der Waals surface area contributed by atoms with Crippen LogP contribution in [0.15, 0.2) is 36.4 Å². The first-order chi connectivity index (χ1) is 10.1. The van der Waals surface area contributed by atoms with Gasteiger partial charge in [0.1, 0.15) is 5.82 Å². The van der Waals surface area contributed by atoms with Gasteiger partial charge in [-0.2, -0.15) is 0 Å². The van der Waals surface area contributed by atoms with Crippen molar-refractivity contribution in [3.05, 3.63) is 56.9 Å². The van der Waals surface area contributed by atoms with Crippen molar-refractivity contribution in [2.45, 2.75) is 12.8 Å². The summed E-state index contributed by atoms with van der Waals surface area (Å²) >= 11 is 1.99. The zero-order valence-electron chi connectivity index (χ0n) is 11.3. The fourth-order valence-corrected chi connectivity index (χ4v) is 3.38. The summed E-state index contributed by atoms with van der Waals surface area (Å²) in [7, 11) is 0. The number of amides is 1. The molecule has 21 heavy (non-hydrogen) atoms. The van der Waals surface area contributed by atoms with Gasteiger partial charge in [0.2, 0.25) is 0 Å². The second-order valence-corrected chi connectivity index (χ2v) is 6.19. The second-order valence-electron chi connectivity index (χ2n) is 5.03. The van der Waals surface area contributed by atoms with Crippen molar-refractivity contribution in [2.24, 2.45) is 0 Å². The fourth-order valence-electron chi connectivity index (χ4n) is 2.67. The zero-order chi connectivity index (χ0) is 15.0. The molecule has 0 aromatic heterocycles. The lowest BCUT2D eigenvalue weighted by Crippen LogP contribution is -2.36. The Morgan fingerprint density at radius 1 is 1.29 bits per heavy atom. The van der Waals surface area contributed by atoms with Crippen molar-refractivity contribution >= 4 is 39.9 Å². The molecule has 3 nitrogen and oxygen atoms in total. The van der Waals surface area contributed by atoms with Crippen LogP contribution in [0.25, 0.3) is 0 Å². The van der Waals surface area contributed by atoms with Gasteiger partial charge in [0.25, 0.3) is 5.91 Å². The molecule has 0 atom stereocenters. The van der Waals surface area contributed by atoms with Crippen LogP contribution >= 0.6 is 22.6 Å². The molecule has 0 radical (unpaired) electrons. The minimum absolute atomic E-state index is 0.106. The first kappa shape index (κ1) is 14.3. The molecule has 0 aliphatic carbocycles. The highest BCUT2D eigenvalue weighted by atomic mass is 127. The van der Waals surface area contributed by atoms with E-state index in [-0.39, 0.29) is 11.7 Å². The molecule has 0 unspecified atom stereocenters. The average molecular weight is 396 g/mol. The zero-order valence-corrected chi connectivity index (χ0v) is 13.4. The predicted octanol–water partition coefficient (Wildman–Crippen LogP) is 3.61. The summed E-state index contributed by atoms with van der Waals surface area (Å²) in [6.07, 6.45) is 1.76. The van der Waals surface area contributed by atoms with Crippen LogP contribution in [0.5, 0.6) is 0 Å². The molecule has 5 heteroatoms. The molecule has 2 aromatic carbocycles. The van der Waals surface area contributed by atoms with Crippen LogP contribution in [0.2, 0.25) is 0 Å². The molecule has 1 amide bonds. The van der Waals surface area contributed by atoms with E-state index in [4.69, 9.17) is 5.73 Å². The Balaban J connectivity index is 2.02. The highest BCUT2D eigenvalue weighted by Crippen LogP contribution is 2.32. The summed E-state index contributed by atoms with van der Waals surface area (Å²) in [6.45, 7) is 0.655. The third-order valence-corrected chi connectivity index (χ3v) is 4.59. The van der Waals surface area contributed by atoms with Crippen molar-refractivity contribution in [1.82, 2.24) is 0 Å². The smallest absolute Gasteiger partial charge is 0.259 e. The van der Waals surface area contributed by atoms with E-state index in [1.165, 1.54) is 12.1 Å². The maximum absolute atomic E-state index is 13.2. The summed E-state index contributed by atoms with van der Waals surface area (Å²) in [6, 6.07) is 9.86. The molecular weight excluding hydrogens is 382 g/mol. The fraction of sp³-hybridized carbons (Fsp3) is 0.188. The number of carbonyl (C=O) groups is 1. The number of rotatable bonds is 1. The van der Waals surface area contributed by atoms with Crippen LogP contribution in [-0.2, 0) is 6.42 Å². The van der Waals surface area contributed by atoms with E-state index < -0.39 is 0 Å². The molecule has 2 aromatic rings. The third-order valence-electron chi connectivity index (χ3n) is 3.69. The second kappa shape index (κ2) is 5.63. The lowest BCUT2D eigenvalue weighted by atomic mass is 9.99. The van der Waals surface area contributed by atoms with Crippen LogP contribution in [0.4, 0.5) is 15.8 Å². The van der Waals surface area contributed by atoms with Crippen LogP contribution in [-0.4, -0.2) is 12.5 Å². The van der Waals surface area contributed by atoms with Gasteiger partial charge in [-0.15, -0.1) is 0 Å². The van der Waals surface area contributed by atoms with Gasteiger partial charge in [0.05, 0.1) is 5.56 Å². The van der Waals surface area contributed by atoms with E-state index in [2.05, 4.69) is 0 Å². The van der Waals surface area contributed by atoms with Gasteiger partial charge in [0, 0.05) is 21.5 Å². The van der Waals surface area contributed by atoms with Crippen molar-refractivity contribution in [2.75, 3.05) is 17.2 Å². The minimum Gasteiger partial charge on any atom is -0.398 e. The number of benzene rings is 2. The van der Waals surface area contributed by atoms with Gasteiger partial charge in [0.15, 0.2) is 0 Å². The number of nitrogens with two attached hydrogens (primary N) is 1. The molecule has 1 heterocycles. The molecule has 0 saturated heterocycles. The number of carbonyl (C=O) groups excluding carboxylic acids is 1. The lowest BCUT2D eigenvalue weighted by molar-refractivity contribution is 0.0984. The lowest BCUT2D eigenvalue weighted by Gasteiger charge is -2.30. The van der Waals surface area contributed by atoms with Crippen molar-refractivity contribution in [3.63, 3.8) is 0 Å². The van der Waals surface area contributed by atoms with E-state index in [1.807, 2.05) is 40.8 Å². The number of hydrogen-bond acceptors (Lipinski definition) is 2. The number of hydrogen-bond donors (Lipinski definition) is 1. The third kappa shape index (κ3) is 2.62. The number of nitrogen functional groups attached to an aromatic ring is 1. The summed E-state index contributed by atoms with van der Waals surface area (Å²) in [5.74, 6) is -0.440. The van der Waals surface area contributed by atoms with E-state index >= 15 is 0 Å². The Labute approximate surface area is 136 Å². The Morgan fingerprint density at radius 3 is 2.86 bits per heavy atom. The number of fused-ring (bicyclic) bond motifs is 1. The maximum atomic E-state index is 13.2. The van der Waals surface area contributed by atoms with Gasteiger partial charge in [-0.1, -0.05) is 6.07 Å². The highest BCUT2D eigenvalue weighted by molar-refractivity contribution is 14.1. The minimum atomic E-state index is -0.334. The first-order valence-corrected chi connectivity index (χ1v) is 7.80. The van der Waals surface area contributed by atoms with Crippen LogP contribution in [0.1, 0.15) is 22.3 Å². The van der Waals surface area contributed by atoms with Gasteiger partial charge >= 0.3 is 0 Å². The molecule has 1 aliphatic heterocycles. The Morgan fingerprint density at radius 2 is 2.10 bits per heavy atom. The maximum Gasteiger partial charge on any atom is 0.259 e. The topological polar surface area (TPSA) is 46.3 Å². The quantitative estimate of drug-likeness (QED) is 0.592. The Kier molecular flexibility index (Phi) is 3.84. The summed E-state index contributed by atoms with van der Waals surface area (Å²) in [5.41, 5.74) is 9.13. The SMILES string of the molecule is Nc1cccc2c1CCCN2C(=O)c1ccc(F)cc1I. The highest BCUT2D eigenvalue weighted by Gasteiger charge is 2.25. The number of nitrogens with zero attached hydrogens (tertiary/aromatic N) is 1. The van der Waals surface area contributed by atoms with Crippen LogP contribution < -0.4 is 10.6 Å². The molecule has 0 spiro atoms. The van der Waals surface area contributed by atoms with E-state index in [9.17, 15) is 9.18 Å². The summed E-state index contributed by atoms with van der Waals surface area (Å²) in [5, 5.41) is 0. The normalized spacial score (nSPS) is 13.9. The summed E-state index contributed by atoms with van der Waals surface area (Å²) in [4.78, 5) is 14.5. The standard InChI is InChI=1S/C16H14FIN2O/c17-10-6-7-11(13(18)9-10)16(21)20-8-2-3-12-14(19)4-1-5-15(12)20/h1,4-7,9H,2-3,8,19H2. The number of anilines is 2. The molecule has 0 saturated carbocycles. The molecule has 2 N–H and O–H groups in total. The van der Waals surface area contributed by atoms with Crippen LogP contribution in [0.3, 0.4) is 0 Å². The monoisotopic (exact) mass is 396 g/mol. The van der Waals surface area contributed by atoms with Crippen molar-refractivity contribution in [3.8, 4) is 0 Å². The van der Waals surface area contributed by atoms with Crippen molar-refractivity contribution in [1.29, 1.82) is 0 Å². The average Bonchev–Trinajstić information content (AvgIpc) is 2.46.